The van der Waals surface area contributed by atoms with Crippen molar-refractivity contribution in [3.05, 3.63) is 5.69 Å². The van der Waals surface area contributed by atoms with Gasteiger partial charge < -0.3 is 10.2 Å². The van der Waals surface area contributed by atoms with Crippen molar-refractivity contribution < 1.29 is 13.2 Å². The second kappa shape index (κ2) is 4.47. The predicted octanol–water partition coefficient (Wildman–Crippen LogP) is -0.0719. The minimum Gasteiger partial charge on any atom is -0.342 e. The Balaban J connectivity index is 2.02. The number of anilines is 2. The van der Waals surface area contributed by atoms with Gasteiger partial charge in [0.1, 0.15) is 5.69 Å². The number of hydrogen-bond acceptors (Lipinski definition) is 5. The zero-order chi connectivity index (χ0) is 14.5. The molecule has 1 unspecified atom stereocenters. The zero-order valence-corrected chi connectivity index (χ0v) is 12.4. The maximum Gasteiger partial charge on any atom is 0.244 e. The maximum atomic E-state index is 11.9. The molecule has 1 fully saturated rings. The second-order valence-electron chi connectivity index (χ2n) is 5.36. The quantitative estimate of drug-likeness (QED) is 0.826. The molecule has 0 saturated carbocycles. The molecule has 0 aromatic carbocycles. The van der Waals surface area contributed by atoms with Gasteiger partial charge in [-0.1, -0.05) is 6.92 Å². The van der Waals surface area contributed by atoms with Crippen molar-refractivity contribution in [1.29, 1.82) is 0 Å². The smallest absolute Gasteiger partial charge is 0.244 e. The van der Waals surface area contributed by atoms with E-state index in [1.54, 1.807) is 4.68 Å². The lowest BCUT2D eigenvalue weighted by Crippen LogP contribution is -2.46. The summed E-state index contributed by atoms with van der Waals surface area (Å²) < 4.78 is 25.1. The number of nitrogens with one attached hydrogen (secondary N) is 1. The van der Waals surface area contributed by atoms with Crippen LogP contribution in [0.4, 0.5) is 11.5 Å². The Labute approximate surface area is 117 Å². The van der Waals surface area contributed by atoms with Crippen LogP contribution in [0.15, 0.2) is 0 Å². The van der Waals surface area contributed by atoms with Gasteiger partial charge in [0.15, 0.2) is 15.7 Å². The molecule has 1 saturated heterocycles. The van der Waals surface area contributed by atoms with Crippen molar-refractivity contribution >= 4 is 27.2 Å². The average Bonchev–Trinajstić information content (AvgIpc) is 2.89. The van der Waals surface area contributed by atoms with Crippen molar-refractivity contribution in [3.8, 4) is 0 Å². The fourth-order valence-electron chi connectivity index (χ4n) is 3.01. The zero-order valence-electron chi connectivity index (χ0n) is 11.6. The van der Waals surface area contributed by atoms with Gasteiger partial charge in [-0.2, -0.15) is 5.10 Å². The van der Waals surface area contributed by atoms with Gasteiger partial charge in [0.2, 0.25) is 5.91 Å². The van der Waals surface area contributed by atoms with E-state index in [1.807, 2.05) is 18.9 Å². The summed E-state index contributed by atoms with van der Waals surface area (Å²) in [5.74, 6) is 1.03. The molecular weight excluding hydrogens is 280 g/mol. The third-order valence-electron chi connectivity index (χ3n) is 3.92. The van der Waals surface area contributed by atoms with Gasteiger partial charge in [-0.25, -0.2) is 8.42 Å². The normalized spacial score (nSPS) is 24.6. The average molecular weight is 298 g/mol. The minimum atomic E-state index is -2.98. The molecule has 2 aliphatic rings. The second-order valence-corrected chi connectivity index (χ2v) is 7.58. The first-order valence-electron chi connectivity index (χ1n) is 6.74. The monoisotopic (exact) mass is 298 g/mol. The minimum absolute atomic E-state index is 0.107. The van der Waals surface area contributed by atoms with Gasteiger partial charge >= 0.3 is 0 Å². The first kappa shape index (κ1) is 13.4. The molecule has 1 atom stereocenters. The predicted molar refractivity (Wildman–Crippen MR) is 75.6 cm³/mol. The molecule has 2 aliphatic heterocycles. The van der Waals surface area contributed by atoms with Crippen LogP contribution in [-0.2, 0) is 28.1 Å². The van der Waals surface area contributed by atoms with Gasteiger partial charge in [-0.3, -0.25) is 9.48 Å². The maximum absolute atomic E-state index is 11.9. The van der Waals surface area contributed by atoms with Crippen LogP contribution in [0.1, 0.15) is 19.0 Å². The van der Waals surface area contributed by atoms with Crippen LogP contribution in [-0.4, -0.2) is 48.2 Å². The van der Waals surface area contributed by atoms with Crippen molar-refractivity contribution in [2.24, 2.45) is 7.05 Å². The molecule has 7 nitrogen and oxygen atoms in total. The Morgan fingerprint density at radius 3 is 2.80 bits per heavy atom. The first-order chi connectivity index (χ1) is 9.41. The molecule has 0 aliphatic carbocycles. The van der Waals surface area contributed by atoms with E-state index in [-0.39, 0.29) is 30.0 Å². The number of carbonyl (C=O) groups excluding carboxylic acids is 1. The summed E-state index contributed by atoms with van der Waals surface area (Å²) in [7, 11) is -1.15. The summed E-state index contributed by atoms with van der Waals surface area (Å²) in [5.41, 5.74) is 1.57. The van der Waals surface area contributed by atoms with Gasteiger partial charge in [0, 0.05) is 13.1 Å². The fourth-order valence-corrected chi connectivity index (χ4v) is 4.74. The van der Waals surface area contributed by atoms with Crippen LogP contribution < -0.4 is 10.2 Å². The molecule has 1 N–H and O–H groups in total. The van der Waals surface area contributed by atoms with E-state index in [1.165, 1.54) is 0 Å². The van der Waals surface area contributed by atoms with Crippen molar-refractivity contribution in [3.63, 3.8) is 0 Å². The third kappa shape index (κ3) is 2.07. The lowest BCUT2D eigenvalue weighted by atomic mass is 10.1. The number of fused-ring (bicyclic) bond motifs is 1. The van der Waals surface area contributed by atoms with E-state index in [9.17, 15) is 13.2 Å². The molecule has 0 spiro atoms. The number of sulfone groups is 1. The Kier molecular flexibility index (Phi) is 3.00. The van der Waals surface area contributed by atoms with Gasteiger partial charge in [0.05, 0.1) is 23.7 Å². The Bertz CT molecular complexity index is 664. The third-order valence-corrected chi connectivity index (χ3v) is 5.67. The first-order valence-corrected chi connectivity index (χ1v) is 8.56. The van der Waals surface area contributed by atoms with E-state index in [4.69, 9.17) is 0 Å². The Morgan fingerprint density at radius 1 is 1.45 bits per heavy atom. The summed E-state index contributed by atoms with van der Waals surface area (Å²) in [6, 6.07) is -0.134. The number of aromatic nitrogens is 2. The van der Waals surface area contributed by atoms with Gasteiger partial charge in [-0.05, 0) is 12.8 Å². The molecule has 1 aromatic heterocycles. The molecule has 0 bridgehead atoms. The summed E-state index contributed by atoms with van der Waals surface area (Å²) in [6.45, 7) is 2.17. The molecule has 1 aromatic rings. The summed E-state index contributed by atoms with van der Waals surface area (Å²) in [4.78, 5) is 13.8. The van der Waals surface area contributed by atoms with Gasteiger partial charge in [-0.15, -0.1) is 0 Å². The highest BCUT2D eigenvalue weighted by Crippen LogP contribution is 2.35. The number of nitrogens with zero attached hydrogens (tertiary/aromatic N) is 3. The van der Waals surface area contributed by atoms with Crippen molar-refractivity contribution in [2.75, 3.05) is 28.3 Å². The van der Waals surface area contributed by atoms with E-state index >= 15 is 0 Å². The molecule has 3 heterocycles. The summed E-state index contributed by atoms with van der Waals surface area (Å²) in [5, 5.41) is 7.28. The SMILES string of the molecule is CCc1nn(C)c2c1NC(=O)CN2C1CCS(=O)(=O)C1. The Morgan fingerprint density at radius 2 is 2.20 bits per heavy atom. The highest BCUT2D eigenvalue weighted by molar-refractivity contribution is 7.91. The van der Waals surface area contributed by atoms with Gasteiger partial charge in [0.25, 0.3) is 0 Å². The Hall–Kier alpha value is -1.57. The largest absolute Gasteiger partial charge is 0.342 e. The molecule has 0 radical (unpaired) electrons. The highest BCUT2D eigenvalue weighted by Gasteiger charge is 2.38. The van der Waals surface area contributed by atoms with Crippen LogP contribution >= 0.6 is 0 Å². The number of aryl methyl sites for hydroxylation is 2. The lowest BCUT2D eigenvalue weighted by Gasteiger charge is -2.33. The molecule has 8 heteroatoms. The number of rotatable bonds is 2. The fraction of sp³-hybridized carbons (Fsp3) is 0.667. The van der Waals surface area contributed by atoms with Crippen molar-refractivity contribution in [2.45, 2.75) is 25.8 Å². The van der Waals surface area contributed by atoms with Crippen LogP contribution in [0.25, 0.3) is 0 Å². The topological polar surface area (TPSA) is 84.3 Å². The molecule has 20 heavy (non-hydrogen) atoms. The number of amides is 1. The molecular formula is C12H18N4O3S. The summed E-state index contributed by atoms with van der Waals surface area (Å²) >= 11 is 0. The molecule has 1 amide bonds. The van der Waals surface area contributed by atoms with E-state index in [2.05, 4.69) is 10.4 Å². The van der Waals surface area contributed by atoms with E-state index in [0.717, 1.165) is 23.6 Å². The lowest BCUT2D eigenvalue weighted by molar-refractivity contribution is -0.115. The number of hydrogen-bond donors (Lipinski definition) is 1. The molecule has 3 rings (SSSR count). The summed E-state index contributed by atoms with van der Waals surface area (Å²) in [6.07, 6.45) is 1.29. The van der Waals surface area contributed by atoms with E-state index in [0.29, 0.717) is 6.42 Å². The van der Waals surface area contributed by atoms with Crippen molar-refractivity contribution in [1.82, 2.24) is 9.78 Å². The molecule has 110 valence electrons. The van der Waals surface area contributed by atoms with Crippen LogP contribution in [0.3, 0.4) is 0 Å². The van der Waals surface area contributed by atoms with Crippen LogP contribution in [0.2, 0.25) is 0 Å². The van der Waals surface area contributed by atoms with Crippen LogP contribution in [0.5, 0.6) is 0 Å². The highest BCUT2D eigenvalue weighted by atomic mass is 32.2. The van der Waals surface area contributed by atoms with Crippen LogP contribution in [0, 0.1) is 0 Å². The van der Waals surface area contributed by atoms with E-state index < -0.39 is 9.84 Å². The number of carbonyl (C=O) groups is 1. The standard InChI is InChI=1S/C12H18N4O3S/c1-3-9-11-12(15(2)14-9)16(6-10(17)13-11)8-4-5-20(18,19)7-8/h8H,3-7H2,1-2H3,(H,13,17).